The van der Waals surface area contributed by atoms with Gasteiger partial charge in [0.1, 0.15) is 5.01 Å². The molecule has 0 atom stereocenters. The maximum absolute atomic E-state index is 4.67. The molecule has 1 aliphatic rings. The largest absolute Gasteiger partial charge is 0.308 e. The van der Waals surface area contributed by atoms with Crippen molar-refractivity contribution in [2.75, 3.05) is 25.6 Å². The van der Waals surface area contributed by atoms with Gasteiger partial charge in [-0.3, -0.25) is 4.90 Å². The summed E-state index contributed by atoms with van der Waals surface area (Å²) < 4.78 is 0. The standard InChI is InChI=1S/C12H21N3S2/c1-15(5-6-16-2)8-11-9-17-12(14-11)7-13-10-3-4-10/h9-10,13H,3-8H2,1-2H3. The number of nitrogens with one attached hydrogen (secondary N) is 1. The highest BCUT2D eigenvalue weighted by atomic mass is 32.2. The summed E-state index contributed by atoms with van der Waals surface area (Å²) in [6, 6.07) is 0.770. The molecule has 1 aromatic heterocycles. The second kappa shape index (κ2) is 6.73. The molecule has 2 rings (SSSR count). The predicted octanol–water partition coefficient (Wildman–Crippen LogP) is 2.19. The highest BCUT2D eigenvalue weighted by Gasteiger charge is 2.20. The number of thiazole rings is 1. The molecule has 0 radical (unpaired) electrons. The van der Waals surface area contributed by atoms with Crippen molar-refractivity contribution in [1.82, 2.24) is 15.2 Å². The molecule has 1 heterocycles. The Labute approximate surface area is 112 Å². The summed E-state index contributed by atoms with van der Waals surface area (Å²) >= 11 is 3.67. The van der Waals surface area contributed by atoms with Crippen LogP contribution in [0.4, 0.5) is 0 Å². The molecule has 0 amide bonds. The lowest BCUT2D eigenvalue weighted by Crippen LogP contribution is -2.21. The summed E-state index contributed by atoms with van der Waals surface area (Å²) in [4.78, 5) is 7.00. The zero-order chi connectivity index (χ0) is 12.1. The van der Waals surface area contributed by atoms with Crippen molar-refractivity contribution in [3.63, 3.8) is 0 Å². The Morgan fingerprint density at radius 3 is 3.12 bits per heavy atom. The Morgan fingerprint density at radius 1 is 1.59 bits per heavy atom. The summed E-state index contributed by atoms with van der Waals surface area (Å²) in [7, 11) is 2.16. The third kappa shape index (κ3) is 4.95. The van der Waals surface area contributed by atoms with Crippen molar-refractivity contribution in [2.45, 2.75) is 32.0 Å². The molecule has 1 aromatic rings. The van der Waals surface area contributed by atoms with Crippen LogP contribution >= 0.6 is 23.1 Å². The first-order valence-electron chi connectivity index (χ1n) is 6.12. The minimum atomic E-state index is 0.770. The SMILES string of the molecule is CSCCN(C)Cc1csc(CNC2CC2)n1. The van der Waals surface area contributed by atoms with Gasteiger partial charge in [-0.25, -0.2) is 4.98 Å². The molecule has 17 heavy (non-hydrogen) atoms. The number of nitrogens with zero attached hydrogens (tertiary/aromatic N) is 2. The van der Waals surface area contributed by atoms with Gasteiger partial charge >= 0.3 is 0 Å². The average molecular weight is 271 g/mol. The number of aromatic nitrogens is 1. The zero-order valence-corrected chi connectivity index (χ0v) is 12.2. The van der Waals surface area contributed by atoms with E-state index in [0.717, 1.165) is 25.7 Å². The lowest BCUT2D eigenvalue weighted by molar-refractivity contribution is 0.345. The minimum absolute atomic E-state index is 0.770. The van der Waals surface area contributed by atoms with Crippen molar-refractivity contribution in [3.8, 4) is 0 Å². The summed E-state index contributed by atoms with van der Waals surface area (Å²) in [5.41, 5.74) is 1.21. The second-order valence-electron chi connectivity index (χ2n) is 4.62. The van der Waals surface area contributed by atoms with Crippen molar-refractivity contribution in [3.05, 3.63) is 16.1 Å². The third-order valence-corrected chi connectivity index (χ3v) is 4.32. The first-order valence-corrected chi connectivity index (χ1v) is 8.39. The normalized spacial score (nSPS) is 15.7. The van der Waals surface area contributed by atoms with Crippen molar-refractivity contribution < 1.29 is 0 Å². The van der Waals surface area contributed by atoms with Crippen LogP contribution in [0.25, 0.3) is 0 Å². The predicted molar refractivity (Wildman–Crippen MR) is 76.7 cm³/mol. The summed E-state index contributed by atoms with van der Waals surface area (Å²) in [6.45, 7) is 3.05. The highest BCUT2D eigenvalue weighted by Crippen LogP contribution is 2.20. The van der Waals surface area contributed by atoms with Gasteiger partial charge in [0.2, 0.25) is 0 Å². The van der Waals surface area contributed by atoms with Crippen molar-refractivity contribution in [2.24, 2.45) is 0 Å². The van der Waals surface area contributed by atoms with E-state index in [4.69, 9.17) is 0 Å². The lowest BCUT2D eigenvalue weighted by Gasteiger charge is -2.13. The van der Waals surface area contributed by atoms with Gasteiger partial charge in [-0.2, -0.15) is 11.8 Å². The van der Waals surface area contributed by atoms with Crippen LogP contribution in [0.3, 0.4) is 0 Å². The van der Waals surface area contributed by atoms with Gasteiger partial charge in [0, 0.05) is 36.8 Å². The smallest absolute Gasteiger partial charge is 0.107 e. The molecule has 5 heteroatoms. The van der Waals surface area contributed by atoms with E-state index in [1.807, 2.05) is 11.8 Å². The summed E-state index contributed by atoms with van der Waals surface area (Å²) in [6.07, 6.45) is 4.84. The van der Waals surface area contributed by atoms with Crippen LogP contribution in [0.1, 0.15) is 23.5 Å². The third-order valence-electron chi connectivity index (χ3n) is 2.83. The first kappa shape index (κ1) is 13.3. The Morgan fingerprint density at radius 2 is 2.41 bits per heavy atom. The fraction of sp³-hybridized carbons (Fsp3) is 0.750. The Balaban J connectivity index is 1.72. The number of hydrogen-bond donors (Lipinski definition) is 1. The first-order chi connectivity index (χ1) is 8.28. The van der Waals surface area contributed by atoms with Crippen molar-refractivity contribution in [1.29, 1.82) is 0 Å². The number of thioether (sulfide) groups is 1. The molecule has 1 saturated carbocycles. The maximum Gasteiger partial charge on any atom is 0.107 e. The molecule has 0 aliphatic heterocycles. The van der Waals surface area contributed by atoms with Crippen LogP contribution < -0.4 is 5.32 Å². The topological polar surface area (TPSA) is 28.2 Å². The van der Waals surface area contributed by atoms with Crippen LogP contribution in [0.5, 0.6) is 0 Å². The molecule has 3 nitrogen and oxygen atoms in total. The van der Waals surface area contributed by atoms with E-state index in [1.165, 1.54) is 29.3 Å². The fourth-order valence-corrected chi connectivity index (χ4v) is 2.85. The molecular formula is C12H21N3S2. The van der Waals surface area contributed by atoms with Gasteiger partial charge in [-0.05, 0) is 26.1 Å². The quantitative estimate of drug-likeness (QED) is 0.784. The molecule has 0 saturated heterocycles. The van der Waals surface area contributed by atoms with Gasteiger partial charge in [0.15, 0.2) is 0 Å². The van der Waals surface area contributed by atoms with Gasteiger partial charge < -0.3 is 5.32 Å². The second-order valence-corrected chi connectivity index (χ2v) is 6.55. The molecule has 0 unspecified atom stereocenters. The molecule has 0 aromatic carbocycles. The van der Waals surface area contributed by atoms with E-state index in [2.05, 4.69) is 33.9 Å². The van der Waals surface area contributed by atoms with Gasteiger partial charge in [0.05, 0.1) is 5.69 Å². The summed E-state index contributed by atoms with van der Waals surface area (Å²) in [5.74, 6) is 1.19. The fourth-order valence-electron chi connectivity index (χ4n) is 1.62. The Kier molecular flexibility index (Phi) is 5.28. The van der Waals surface area contributed by atoms with Crippen LogP contribution in [0, 0.1) is 0 Å². The monoisotopic (exact) mass is 271 g/mol. The van der Waals surface area contributed by atoms with E-state index < -0.39 is 0 Å². The molecule has 0 spiro atoms. The molecule has 96 valence electrons. The summed E-state index contributed by atoms with van der Waals surface area (Å²) in [5, 5.41) is 6.93. The van der Waals surface area contributed by atoms with E-state index >= 15 is 0 Å². The van der Waals surface area contributed by atoms with E-state index in [0.29, 0.717) is 0 Å². The highest BCUT2D eigenvalue weighted by molar-refractivity contribution is 7.98. The molecular weight excluding hydrogens is 250 g/mol. The van der Waals surface area contributed by atoms with Gasteiger partial charge in [-0.15, -0.1) is 11.3 Å². The average Bonchev–Trinajstić information content (AvgIpc) is 3.05. The number of rotatable bonds is 8. The molecule has 1 aliphatic carbocycles. The number of hydrogen-bond acceptors (Lipinski definition) is 5. The van der Waals surface area contributed by atoms with Crippen LogP contribution in [-0.2, 0) is 13.1 Å². The minimum Gasteiger partial charge on any atom is -0.308 e. The van der Waals surface area contributed by atoms with E-state index in [1.54, 1.807) is 11.3 Å². The van der Waals surface area contributed by atoms with Crippen molar-refractivity contribution >= 4 is 23.1 Å². The molecule has 1 fully saturated rings. The molecule has 0 bridgehead atoms. The van der Waals surface area contributed by atoms with Crippen LogP contribution in [0.15, 0.2) is 5.38 Å². The maximum atomic E-state index is 4.67. The molecule has 1 N–H and O–H groups in total. The Hall–Kier alpha value is -0.100. The van der Waals surface area contributed by atoms with E-state index in [-0.39, 0.29) is 0 Å². The van der Waals surface area contributed by atoms with Crippen LogP contribution in [0.2, 0.25) is 0 Å². The zero-order valence-electron chi connectivity index (χ0n) is 10.6. The van der Waals surface area contributed by atoms with Gasteiger partial charge in [-0.1, -0.05) is 0 Å². The Bertz CT molecular complexity index is 336. The van der Waals surface area contributed by atoms with E-state index in [9.17, 15) is 0 Å². The van der Waals surface area contributed by atoms with Crippen LogP contribution in [-0.4, -0.2) is 41.5 Å². The van der Waals surface area contributed by atoms with Gasteiger partial charge in [0.25, 0.3) is 0 Å². The lowest BCUT2D eigenvalue weighted by atomic mass is 10.4.